The van der Waals surface area contributed by atoms with E-state index in [-0.39, 0.29) is 0 Å². The Kier molecular flexibility index (Phi) is 2.11. The number of rotatable bonds is 0. The summed E-state index contributed by atoms with van der Waals surface area (Å²) >= 11 is 0. The van der Waals surface area contributed by atoms with Crippen molar-refractivity contribution in [2.45, 2.75) is 43.7 Å². The number of aliphatic hydroxyl groups excluding tert-OH is 1. The quantitative estimate of drug-likeness (QED) is 0.563. The summed E-state index contributed by atoms with van der Waals surface area (Å²) < 4.78 is 10.9. The smallest absolute Gasteiger partial charge is 0.171 e. The van der Waals surface area contributed by atoms with Crippen molar-refractivity contribution in [3.05, 3.63) is 0 Å². The van der Waals surface area contributed by atoms with Crippen LogP contribution in [0.15, 0.2) is 0 Å². The van der Waals surface area contributed by atoms with Gasteiger partial charge < -0.3 is 19.7 Å². The summed E-state index contributed by atoms with van der Waals surface area (Å²) in [6, 6.07) is 0. The van der Waals surface area contributed by atoms with Crippen LogP contribution in [0.2, 0.25) is 0 Å². The molecule has 4 nitrogen and oxygen atoms in total. The van der Waals surface area contributed by atoms with E-state index < -0.39 is 17.5 Å². The molecule has 0 aromatic rings. The first-order valence-electron chi connectivity index (χ1n) is 4.72. The standard InChI is InChI=1S/C9H16O4/c1-8(11)2-3-9(6-7(8)10)12-4-5-13-9/h7,10-11H,2-6H2,1H3. The van der Waals surface area contributed by atoms with Crippen molar-refractivity contribution < 1.29 is 19.7 Å². The zero-order valence-electron chi connectivity index (χ0n) is 7.82. The SMILES string of the molecule is CC1(O)CCC2(CC1O)OCCO2. The van der Waals surface area contributed by atoms with Crippen molar-refractivity contribution >= 4 is 0 Å². The van der Waals surface area contributed by atoms with Gasteiger partial charge >= 0.3 is 0 Å². The van der Waals surface area contributed by atoms with Crippen molar-refractivity contribution in [2.75, 3.05) is 13.2 Å². The molecule has 0 aromatic heterocycles. The fourth-order valence-electron chi connectivity index (χ4n) is 1.99. The van der Waals surface area contributed by atoms with Gasteiger partial charge in [-0.3, -0.25) is 0 Å². The van der Waals surface area contributed by atoms with Gasteiger partial charge in [-0.25, -0.2) is 0 Å². The van der Waals surface area contributed by atoms with Crippen LogP contribution in [0.25, 0.3) is 0 Å². The van der Waals surface area contributed by atoms with Crippen molar-refractivity contribution in [1.82, 2.24) is 0 Å². The fourth-order valence-corrected chi connectivity index (χ4v) is 1.99. The topological polar surface area (TPSA) is 58.9 Å². The molecule has 2 fully saturated rings. The van der Waals surface area contributed by atoms with Gasteiger partial charge in [0, 0.05) is 12.8 Å². The van der Waals surface area contributed by atoms with Crippen molar-refractivity contribution in [3.63, 3.8) is 0 Å². The van der Waals surface area contributed by atoms with Crippen LogP contribution in [0.3, 0.4) is 0 Å². The second-order valence-corrected chi connectivity index (χ2v) is 4.18. The van der Waals surface area contributed by atoms with Crippen LogP contribution in [-0.4, -0.2) is 40.9 Å². The Labute approximate surface area is 77.5 Å². The van der Waals surface area contributed by atoms with Gasteiger partial charge in [-0.05, 0) is 13.3 Å². The fraction of sp³-hybridized carbons (Fsp3) is 1.00. The van der Waals surface area contributed by atoms with Crippen LogP contribution in [-0.2, 0) is 9.47 Å². The van der Waals surface area contributed by atoms with E-state index in [2.05, 4.69) is 0 Å². The van der Waals surface area contributed by atoms with Crippen molar-refractivity contribution in [3.8, 4) is 0 Å². The van der Waals surface area contributed by atoms with E-state index in [1.165, 1.54) is 0 Å². The molecule has 1 heterocycles. The largest absolute Gasteiger partial charge is 0.390 e. The van der Waals surface area contributed by atoms with E-state index >= 15 is 0 Å². The summed E-state index contributed by atoms with van der Waals surface area (Å²) in [5.41, 5.74) is -0.986. The molecule has 2 atom stereocenters. The maximum absolute atomic E-state index is 9.73. The molecule has 0 aromatic carbocycles. The van der Waals surface area contributed by atoms with E-state index in [0.717, 1.165) is 0 Å². The van der Waals surface area contributed by atoms with Crippen molar-refractivity contribution in [2.24, 2.45) is 0 Å². The summed E-state index contributed by atoms with van der Waals surface area (Å²) in [5, 5.41) is 19.4. The molecule has 1 spiro atoms. The Balaban J connectivity index is 2.06. The van der Waals surface area contributed by atoms with Gasteiger partial charge in [0.05, 0.1) is 24.9 Å². The second kappa shape index (κ2) is 2.92. The van der Waals surface area contributed by atoms with Gasteiger partial charge in [0.1, 0.15) is 0 Å². The zero-order chi connectivity index (χ0) is 9.53. The monoisotopic (exact) mass is 188 g/mol. The lowest BCUT2D eigenvalue weighted by atomic mass is 9.80. The highest BCUT2D eigenvalue weighted by atomic mass is 16.7. The Morgan fingerprint density at radius 1 is 1.23 bits per heavy atom. The third-order valence-corrected chi connectivity index (χ3v) is 3.05. The van der Waals surface area contributed by atoms with Crippen LogP contribution < -0.4 is 0 Å². The Morgan fingerprint density at radius 2 is 1.85 bits per heavy atom. The highest BCUT2D eigenvalue weighted by Gasteiger charge is 2.48. The van der Waals surface area contributed by atoms with E-state index in [4.69, 9.17) is 9.47 Å². The van der Waals surface area contributed by atoms with Gasteiger partial charge in [0.2, 0.25) is 0 Å². The molecule has 13 heavy (non-hydrogen) atoms. The Bertz CT molecular complexity index is 196. The Morgan fingerprint density at radius 3 is 2.38 bits per heavy atom. The maximum atomic E-state index is 9.73. The van der Waals surface area contributed by atoms with Crippen LogP contribution >= 0.6 is 0 Å². The average molecular weight is 188 g/mol. The molecule has 1 saturated carbocycles. The van der Waals surface area contributed by atoms with Crippen LogP contribution in [0.1, 0.15) is 26.2 Å². The zero-order valence-corrected chi connectivity index (χ0v) is 7.82. The third kappa shape index (κ3) is 1.59. The molecule has 0 radical (unpaired) electrons. The van der Waals surface area contributed by atoms with E-state index in [9.17, 15) is 10.2 Å². The maximum Gasteiger partial charge on any atom is 0.171 e. The highest BCUT2D eigenvalue weighted by Crippen LogP contribution is 2.39. The molecular weight excluding hydrogens is 172 g/mol. The summed E-state index contributed by atoms with van der Waals surface area (Å²) in [4.78, 5) is 0. The molecule has 76 valence electrons. The van der Waals surface area contributed by atoms with Gasteiger partial charge in [0.25, 0.3) is 0 Å². The predicted molar refractivity (Wildman–Crippen MR) is 45.1 cm³/mol. The molecule has 2 N–H and O–H groups in total. The summed E-state index contributed by atoms with van der Waals surface area (Å²) in [5.74, 6) is -0.609. The molecule has 1 aliphatic carbocycles. The first kappa shape index (κ1) is 9.40. The molecule has 1 aliphatic heterocycles. The van der Waals surface area contributed by atoms with Gasteiger partial charge in [0.15, 0.2) is 5.79 Å². The first-order chi connectivity index (χ1) is 6.04. The highest BCUT2D eigenvalue weighted by molar-refractivity contribution is 4.94. The Hall–Kier alpha value is -0.160. The summed E-state index contributed by atoms with van der Waals surface area (Å²) in [6.45, 7) is 2.84. The number of aliphatic hydroxyl groups is 2. The van der Waals surface area contributed by atoms with Crippen LogP contribution in [0, 0.1) is 0 Å². The second-order valence-electron chi connectivity index (χ2n) is 4.18. The van der Waals surface area contributed by atoms with E-state index in [1.54, 1.807) is 6.92 Å². The third-order valence-electron chi connectivity index (χ3n) is 3.05. The number of hydrogen-bond donors (Lipinski definition) is 2. The van der Waals surface area contributed by atoms with Crippen molar-refractivity contribution in [1.29, 1.82) is 0 Å². The molecular formula is C9H16O4. The van der Waals surface area contributed by atoms with Crippen LogP contribution in [0.4, 0.5) is 0 Å². The summed E-state index contributed by atoms with van der Waals surface area (Å²) in [7, 11) is 0. The minimum atomic E-state index is -0.986. The molecule has 1 saturated heterocycles. The van der Waals surface area contributed by atoms with Gasteiger partial charge in [-0.1, -0.05) is 0 Å². The van der Waals surface area contributed by atoms with E-state index in [0.29, 0.717) is 32.5 Å². The van der Waals surface area contributed by atoms with E-state index in [1.807, 2.05) is 0 Å². The number of ether oxygens (including phenoxy) is 2. The molecule has 4 heteroatoms. The molecule has 0 bridgehead atoms. The minimum absolute atomic E-state index is 0.375. The molecule has 2 aliphatic rings. The van der Waals surface area contributed by atoms with Gasteiger partial charge in [-0.2, -0.15) is 0 Å². The normalized spacial score (nSPS) is 44.1. The summed E-state index contributed by atoms with van der Waals surface area (Å²) in [6.07, 6.45) is 0.810. The minimum Gasteiger partial charge on any atom is -0.390 e. The van der Waals surface area contributed by atoms with Crippen LogP contribution in [0.5, 0.6) is 0 Å². The predicted octanol–water partition coefficient (Wildman–Crippen LogP) is 0.0253. The van der Waals surface area contributed by atoms with Gasteiger partial charge in [-0.15, -0.1) is 0 Å². The lowest BCUT2D eigenvalue weighted by Gasteiger charge is -2.42. The molecule has 2 rings (SSSR count). The lowest BCUT2D eigenvalue weighted by Crippen LogP contribution is -2.51. The molecule has 0 amide bonds. The first-order valence-corrected chi connectivity index (χ1v) is 4.72. The average Bonchev–Trinajstić information content (AvgIpc) is 2.48. The molecule has 2 unspecified atom stereocenters. The number of hydrogen-bond acceptors (Lipinski definition) is 4. The lowest BCUT2D eigenvalue weighted by molar-refractivity contribution is -0.232.